The number of rotatable bonds is 2. The summed E-state index contributed by atoms with van der Waals surface area (Å²) in [4.78, 5) is 25.5. The quantitative estimate of drug-likeness (QED) is 0.620. The zero-order chi connectivity index (χ0) is 14.9. The Bertz CT molecular complexity index is 550. The normalized spacial score (nSPS) is 19.1. The largest absolute Gasteiger partial charge is 0.366 e. The van der Waals surface area contributed by atoms with E-state index < -0.39 is 4.92 Å². The Kier molecular flexibility index (Phi) is 4.13. The van der Waals surface area contributed by atoms with Gasteiger partial charge in [-0.2, -0.15) is 0 Å². The van der Waals surface area contributed by atoms with Crippen LogP contribution in [0.4, 0.5) is 11.4 Å². The van der Waals surface area contributed by atoms with Gasteiger partial charge in [-0.1, -0.05) is 11.6 Å². The summed E-state index contributed by atoms with van der Waals surface area (Å²) in [5.74, 6) is 0.0620. The molecule has 1 aromatic rings. The van der Waals surface area contributed by atoms with Crippen LogP contribution >= 0.6 is 11.6 Å². The van der Waals surface area contributed by atoms with E-state index >= 15 is 0 Å². The molecule has 1 aliphatic rings. The molecule has 2 rings (SSSR count). The van der Waals surface area contributed by atoms with E-state index in [1.165, 1.54) is 12.1 Å². The van der Waals surface area contributed by atoms with Crippen molar-refractivity contribution in [1.82, 2.24) is 4.90 Å². The lowest BCUT2D eigenvalue weighted by Gasteiger charge is -2.40. The number of piperazine rings is 1. The van der Waals surface area contributed by atoms with E-state index in [9.17, 15) is 14.9 Å². The SMILES string of the molecule is CC(=O)N1CCN(c2ccc([N+](=O)[O-])cc2Cl)CC1C. The van der Waals surface area contributed by atoms with Gasteiger partial charge in [0.1, 0.15) is 0 Å². The maximum atomic E-state index is 11.4. The van der Waals surface area contributed by atoms with Gasteiger partial charge in [0.2, 0.25) is 5.91 Å². The number of hydrogen-bond donors (Lipinski definition) is 0. The highest BCUT2D eigenvalue weighted by Crippen LogP contribution is 2.31. The minimum absolute atomic E-state index is 0.0193. The molecule has 7 heteroatoms. The molecule has 1 saturated heterocycles. The van der Waals surface area contributed by atoms with Crippen molar-refractivity contribution in [3.8, 4) is 0 Å². The van der Waals surface area contributed by atoms with E-state index in [1.54, 1.807) is 13.0 Å². The number of nitrogens with zero attached hydrogens (tertiary/aromatic N) is 3. The molecule has 0 aromatic heterocycles. The summed E-state index contributed by atoms with van der Waals surface area (Å²) in [7, 11) is 0. The molecular formula is C13H16ClN3O3. The maximum absolute atomic E-state index is 11.4. The first-order valence-corrected chi connectivity index (χ1v) is 6.74. The van der Waals surface area contributed by atoms with Crippen molar-refractivity contribution < 1.29 is 9.72 Å². The van der Waals surface area contributed by atoms with Crippen molar-refractivity contribution in [1.29, 1.82) is 0 Å². The molecule has 0 N–H and O–H groups in total. The number of carbonyl (C=O) groups excluding carboxylic acids is 1. The second-order valence-electron chi connectivity index (χ2n) is 4.90. The van der Waals surface area contributed by atoms with Crippen LogP contribution in [0.5, 0.6) is 0 Å². The first-order valence-electron chi connectivity index (χ1n) is 6.36. The van der Waals surface area contributed by atoms with Gasteiger partial charge in [-0.25, -0.2) is 0 Å². The highest BCUT2D eigenvalue weighted by atomic mass is 35.5. The van der Waals surface area contributed by atoms with E-state index in [1.807, 2.05) is 11.8 Å². The molecule has 0 spiro atoms. The number of anilines is 1. The van der Waals surface area contributed by atoms with Gasteiger partial charge in [0, 0.05) is 44.7 Å². The van der Waals surface area contributed by atoms with Crippen LogP contribution in [0, 0.1) is 10.1 Å². The standard InChI is InChI=1S/C13H16ClN3O3/c1-9-8-15(5-6-16(9)10(2)18)13-4-3-11(17(19)20)7-12(13)14/h3-4,7,9H,5-6,8H2,1-2H3. The first kappa shape index (κ1) is 14.6. The third kappa shape index (κ3) is 2.85. The monoisotopic (exact) mass is 297 g/mol. The van der Waals surface area contributed by atoms with Gasteiger partial charge in [-0.15, -0.1) is 0 Å². The summed E-state index contributed by atoms with van der Waals surface area (Å²) in [6, 6.07) is 4.56. The second-order valence-corrected chi connectivity index (χ2v) is 5.31. The average molecular weight is 298 g/mol. The van der Waals surface area contributed by atoms with Crippen molar-refractivity contribution >= 4 is 28.9 Å². The smallest absolute Gasteiger partial charge is 0.271 e. The van der Waals surface area contributed by atoms with Crippen LogP contribution in [-0.2, 0) is 4.79 Å². The van der Waals surface area contributed by atoms with E-state index in [0.717, 1.165) is 5.69 Å². The van der Waals surface area contributed by atoms with Crippen LogP contribution in [0.3, 0.4) is 0 Å². The molecule has 6 nitrogen and oxygen atoms in total. The third-order valence-corrected chi connectivity index (χ3v) is 3.82. The molecule has 1 fully saturated rings. The van der Waals surface area contributed by atoms with Gasteiger partial charge < -0.3 is 9.80 Å². The molecule has 1 atom stereocenters. The number of benzene rings is 1. The highest BCUT2D eigenvalue weighted by Gasteiger charge is 2.26. The molecule has 0 bridgehead atoms. The van der Waals surface area contributed by atoms with Crippen molar-refractivity contribution in [2.45, 2.75) is 19.9 Å². The van der Waals surface area contributed by atoms with Gasteiger partial charge in [-0.3, -0.25) is 14.9 Å². The zero-order valence-electron chi connectivity index (χ0n) is 11.4. The van der Waals surface area contributed by atoms with Crippen molar-refractivity contribution in [3.05, 3.63) is 33.3 Å². The van der Waals surface area contributed by atoms with Crippen LogP contribution < -0.4 is 4.90 Å². The topological polar surface area (TPSA) is 66.7 Å². The van der Waals surface area contributed by atoms with Crippen LogP contribution in [-0.4, -0.2) is 41.4 Å². The third-order valence-electron chi connectivity index (χ3n) is 3.51. The van der Waals surface area contributed by atoms with Crippen molar-refractivity contribution in [3.63, 3.8) is 0 Å². The molecule has 1 heterocycles. The summed E-state index contributed by atoms with van der Waals surface area (Å²) in [5.41, 5.74) is 0.751. The Morgan fingerprint density at radius 1 is 1.45 bits per heavy atom. The van der Waals surface area contributed by atoms with Gasteiger partial charge in [0.15, 0.2) is 0 Å². The lowest BCUT2D eigenvalue weighted by molar-refractivity contribution is -0.384. The van der Waals surface area contributed by atoms with E-state index in [4.69, 9.17) is 11.6 Å². The zero-order valence-corrected chi connectivity index (χ0v) is 12.1. The molecule has 0 saturated carbocycles. The Balaban J connectivity index is 2.18. The molecular weight excluding hydrogens is 282 g/mol. The van der Waals surface area contributed by atoms with E-state index in [-0.39, 0.29) is 17.6 Å². The summed E-state index contributed by atoms with van der Waals surface area (Å²) < 4.78 is 0. The fourth-order valence-corrected chi connectivity index (χ4v) is 2.80. The van der Waals surface area contributed by atoms with Gasteiger partial charge in [-0.05, 0) is 13.0 Å². The van der Waals surface area contributed by atoms with Crippen molar-refractivity contribution in [2.24, 2.45) is 0 Å². The number of hydrogen-bond acceptors (Lipinski definition) is 4. The van der Waals surface area contributed by atoms with E-state index in [2.05, 4.69) is 4.90 Å². The maximum Gasteiger partial charge on any atom is 0.271 e. The fraction of sp³-hybridized carbons (Fsp3) is 0.462. The Morgan fingerprint density at radius 3 is 2.65 bits per heavy atom. The summed E-state index contributed by atoms with van der Waals surface area (Å²) in [6.45, 7) is 5.50. The first-order chi connectivity index (χ1) is 9.40. The molecule has 1 aromatic carbocycles. The van der Waals surface area contributed by atoms with Crippen molar-refractivity contribution in [2.75, 3.05) is 24.5 Å². The van der Waals surface area contributed by atoms with Crippen LogP contribution in [0.1, 0.15) is 13.8 Å². The molecule has 0 aliphatic carbocycles. The van der Waals surface area contributed by atoms with Gasteiger partial charge in [0.25, 0.3) is 5.69 Å². The summed E-state index contributed by atoms with van der Waals surface area (Å²) in [6.07, 6.45) is 0. The number of amides is 1. The highest BCUT2D eigenvalue weighted by molar-refractivity contribution is 6.33. The summed E-state index contributed by atoms with van der Waals surface area (Å²) in [5, 5.41) is 11.1. The fourth-order valence-electron chi connectivity index (χ4n) is 2.51. The molecule has 1 unspecified atom stereocenters. The number of non-ortho nitro benzene ring substituents is 1. The number of nitro groups is 1. The number of halogens is 1. The Labute approximate surface area is 122 Å². The second kappa shape index (κ2) is 5.66. The lowest BCUT2D eigenvalue weighted by Crippen LogP contribution is -2.53. The molecule has 20 heavy (non-hydrogen) atoms. The molecule has 0 radical (unpaired) electrons. The summed E-state index contributed by atoms with van der Waals surface area (Å²) >= 11 is 6.13. The molecule has 1 aliphatic heterocycles. The van der Waals surface area contributed by atoms with Crippen LogP contribution in [0.15, 0.2) is 18.2 Å². The Morgan fingerprint density at radius 2 is 2.15 bits per heavy atom. The average Bonchev–Trinajstić information content (AvgIpc) is 2.37. The molecule has 108 valence electrons. The number of carbonyl (C=O) groups is 1. The minimum atomic E-state index is -0.466. The van der Waals surface area contributed by atoms with Crippen LogP contribution in [0.25, 0.3) is 0 Å². The Hall–Kier alpha value is -1.82. The minimum Gasteiger partial charge on any atom is -0.366 e. The predicted octanol–water partition coefficient (Wildman–Crippen LogP) is 2.31. The predicted molar refractivity (Wildman–Crippen MR) is 77.2 cm³/mol. The number of nitro benzene ring substituents is 1. The lowest BCUT2D eigenvalue weighted by atomic mass is 10.1. The van der Waals surface area contributed by atoms with E-state index in [0.29, 0.717) is 24.7 Å². The molecule has 1 amide bonds. The van der Waals surface area contributed by atoms with Crippen LogP contribution in [0.2, 0.25) is 5.02 Å². The van der Waals surface area contributed by atoms with Gasteiger partial charge >= 0.3 is 0 Å². The van der Waals surface area contributed by atoms with Gasteiger partial charge in [0.05, 0.1) is 15.6 Å².